The summed E-state index contributed by atoms with van der Waals surface area (Å²) in [5.74, 6) is 0.713. The second kappa shape index (κ2) is 2.27. The number of hydrogen-bond acceptors (Lipinski definition) is 2. The lowest BCUT2D eigenvalue weighted by atomic mass is 9.95. The van der Waals surface area contributed by atoms with Crippen molar-refractivity contribution in [3.8, 4) is 0 Å². The first-order valence-corrected chi connectivity index (χ1v) is 3.55. The van der Waals surface area contributed by atoms with Gasteiger partial charge in [0.25, 0.3) is 0 Å². The molecule has 0 amide bonds. The number of ether oxygens (including phenoxy) is 1. The Balaban J connectivity index is 2.66. The standard InChI is InChI=1S/C8H14O2/c1-6(9)7-4-8(2,3)5-10-7/h4,6,9H,5H2,1-3H3. The van der Waals surface area contributed by atoms with Crippen LogP contribution in [0, 0.1) is 5.41 Å². The summed E-state index contributed by atoms with van der Waals surface area (Å²) < 4.78 is 5.24. The lowest BCUT2D eigenvalue weighted by Crippen LogP contribution is -2.08. The van der Waals surface area contributed by atoms with Crippen LogP contribution < -0.4 is 0 Å². The van der Waals surface area contributed by atoms with Crippen LogP contribution >= 0.6 is 0 Å². The molecule has 0 aromatic rings. The van der Waals surface area contributed by atoms with Crippen LogP contribution in [0.15, 0.2) is 11.8 Å². The molecule has 1 N–H and O–H groups in total. The van der Waals surface area contributed by atoms with Crippen LogP contribution in [-0.2, 0) is 4.74 Å². The van der Waals surface area contributed by atoms with Gasteiger partial charge in [-0.3, -0.25) is 0 Å². The highest BCUT2D eigenvalue weighted by Gasteiger charge is 2.26. The Kier molecular flexibility index (Phi) is 1.73. The van der Waals surface area contributed by atoms with E-state index in [1.807, 2.05) is 6.08 Å². The second-order valence-corrected chi connectivity index (χ2v) is 3.50. The first-order valence-electron chi connectivity index (χ1n) is 3.55. The fourth-order valence-corrected chi connectivity index (χ4v) is 0.979. The molecule has 0 spiro atoms. The van der Waals surface area contributed by atoms with Crippen molar-refractivity contribution in [2.75, 3.05) is 6.61 Å². The molecule has 0 fully saturated rings. The average Bonchev–Trinajstić information content (AvgIpc) is 2.10. The summed E-state index contributed by atoms with van der Waals surface area (Å²) >= 11 is 0. The molecule has 58 valence electrons. The molecule has 1 rings (SSSR count). The molecular weight excluding hydrogens is 128 g/mol. The largest absolute Gasteiger partial charge is 0.495 e. The smallest absolute Gasteiger partial charge is 0.121 e. The molecule has 1 aliphatic heterocycles. The number of hydrogen-bond donors (Lipinski definition) is 1. The molecule has 1 unspecified atom stereocenters. The van der Waals surface area contributed by atoms with Gasteiger partial charge in [-0.2, -0.15) is 0 Å². The summed E-state index contributed by atoms with van der Waals surface area (Å²) in [6, 6.07) is 0. The maximum Gasteiger partial charge on any atom is 0.121 e. The van der Waals surface area contributed by atoms with Gasteiger partial charge in [0.05, 0.1) is 6.61 Å². The van der Waals surface area contributed by atoms with Crippen LogP contribution in [0.5, 0.6) is 0 Å². The van der Waals surface area contributed by atoms with Gasteiger partial charge in [-0.1, -0.05) is 13.8 Å². The molecule has 0 aromatic carbocycles. The van der Waals surface area contributed by atoms with Crippen molar-refractivity contribution < 1.29 is 9.84 Å². The van der Waals surface area contributed by atoms with Gasteiger partial charge in [-0.25, -0.2) is 0 Å². The number of aliphatic hydroxyl groups excluding tert-OH is 1. The van der Waals surface area contributed by atoms with E-state index in [0.29, 0.717) is 12.4 Å². The van der Waals surface area contributed by atoms with E-state index in [1.54, 1.807) is 6.92 Å². The zero-order valence-electron chi connectivity index (χ0n) is 6.72. The Morgan fingerprint density at radius 1 is 1.70 bits per heavy atom. The van der Waals surface area contributed by atoms with Gasteiger partial charge in [0.1, 0.15) is 11.9 Å². The first kappa shape index (κ1) is 7.61. The Hall–Kier alpha value is -0.500. The van der Waals surface area contributed by atoms with E-state index in [4.69, 9.17) is 9.84 Å². The zero-order valence-corrected chi connectivity index (χ0v) is 6.72. The van der Waals surface area contributed by atoms with Crippen molar-refractivity contribution in [3.63, 3.8) is 0 Å². The molecular formula is C8H14O2. The van der Waals surface area contributed by atoms with E-state index in [2.05, 4.69) is 13.8 Å². The minimum Gasteiger partial charge on any atom is -0.495 e. The van der Waals surface area contributed by atoms with E-state index in [9.17, 15) is 0 Å². The lowest BCUT2D eigenvalue weighted by Gasteiger charge is -2.09. The molecule has 10 heavy (non-hydrogen) atoms. The number of aliphatic hydroxyl groups is 1. The summed E-state index contributed by atoms with van der Waals surface area (Å²) in [7, 11) is 0. The molecule has 0 saturated heterocycles. The van der Waals surface area contributed by atoms with E-state index in [1.165, 1.54) is 0 Å². The Morgan fingerprint density at radius 3 is 2.50 bits per heavy atom. The monoisotopic (exact) mass is 142 g/mol. The van der Waals surface area contributed by atoms with Gasteiger partial charge in [-0.15, -0.1) is 0 Å². The van der Waals surface area contributed by atoms with Gasteiger partial charge in [-0.05, 0) is 13.0 Å². The van der Waals surface area contributed by atoms with Crippen LogP contribution in [0.25, 0.3) is 0 Å². The molecule has 1 atom stereocenters. The normalized spacial score (nSPS) is 25.4. The fraction of sp³-hybridized carbons (Fsp3) is 0.750. The highest BCUT2D eigenvalue weighted by molar-refractivity contribution is 5.10. The van der Waals surface area contributed by atoms with Crippen LogP contribution in [0.2, 0.25) is 0 Å². The maximum absolute atomic E-state index is 9.09. The average molecular weight is 142 g/mol. The van der Waals surface area contributed by atoms with Crippen LogP contribution in [0.3, 0.4) is 0 Å². The van der Waals surface area contributed by atoms with Gasteiger partial charge in [0, 0.05) is 5.41 Å². The van der Waals surface area contributed by atoms with Crippen LogP contribution in [-0.4, -0.2) is 17.8 Å². The van der Waals surface area contributed by atoms with E-state index < -0.39 is 6.10 Å². The maximum atomic E-state index is 9.09. The Bertz CT molecular complexity index is 157. The second-order valence-electron chi connectivity index (χ2n) is 3.50. The van der Waals surface area contributed by atoms with Crippen molar-refractivity contribution in [1.29, 1.82) is 0 Å². The lowest BCUT2D eigenvalue weighted by molar-refractivity contribution is 0.112. The third-order valence-electron chi connectivity index (χ3n) is 1.56. The van der Waals surface area contributed by atoms with Gasteiger partial charge >= 0.3 is 0 Å². The molecule has 0 aliphatic carbocycles. The fourth-order valence-electron chi connectivity index (χ4n) is 0.979. The van der Waals surface area contributed by atoms with Crippen LogP contribution in [0.1, 0.15) is 20.8 Å². The molecule has 0 radical (unpaired) electrons. The highest BCUT2D eigenvalue weighted by Crippen LogP contribution is 2.28. The molecule has 1 heterocycles. The Morgan fingerprint density at radius 2 is 2.30 bits per heavy atom. The number of rotatable bonds is 1. The molecule has 0 bridgehead atoms. The molecule has 2 heteroatoms. The Labute approximate surface area is 61.5 Å². The van der Waals surface area contributed by atoms with E-state index >= 15 is 0 Å². The summed E-state index contributed by atoms with van der Waals surface area (Å²) in [5.41, 5.74) is 0.103. The van der Waals surface area contributed by atoms with Crippen molar-refractivity contribution in [2.45, 2.75) is 26.9 Å². The van der Waals surface area contributed by atoms with E-state index in [0.717, 1.165) is 0 Å². The van der Waals surface area contributed by atoms with Gasteiger partial charge in [0.2, 0.25) is 0 Å². The van der Waals surface area contributed by atoms with Crippen molar-refractivity contribution >= 4 is 0 Å². The minimum absolute atomic E-state index is 0.103. The van der Waals surface area contributed by atoms with Crippen LogP contribution in [0.4, 0.5) is 0 Å². The molecule has 0 aromatic heterocycles. The van der Waals surface area contributed by atoms with Crippen molar-refractivity contribution in [2.24, 2.45) is 5.41 Å². The van der Waals surface area contributed by atoms with Crippen molar-refractivity contribution in [3.05, 3.63) is 11.8 Å². The summed E-state index contributed by atoms with van der Waals surface area (Å²) in [4.78, 5) is 0. The summed E-state index contributed by atoms with van der Waals surface area (Å²) in [6.45, 7) is 6.57. The highest BCUT2D eigenvalue weighted by atomic mass is 16.5. The first-order chi connectivity index (χ1) is 4.51. The SMILES string of the molecule is CC(O)C1=CC(C)(C)CO1. The topological polar surface area (TPSA) is 29.5 Å². The third-order valence-corrected chi connectivity index (χ3v) is 1.56. The molecule has 1 aliphatic rings. The summed E-state index contributed by atoms with van der Waals surface area (Å²) in [6.07, 6.45) is 1.53. The quantitative estimate of drug-likeness (QED) is 0.598. The van der Waals surface area contributed by atoms with Gasteiger partial charge in [0.15, 0.2) is 0 Å². The third kappa shape index (κ3) is 1.51. The molecule has 0 saturated carbocycles. The van der Waals surface area contributed by atoms with Gasteiger partial charge < -0.3 is 9.84 Å². The minimum atomic E-state index is -0.457. The van der Waals surface area contributed by atoms with Crippen molar-refractivity contribution in [1.82, 2.24) is 0 Å². The predicted octanol–water partition coefficient (Wildman–Crippen LogP) is 1.31. The van der Waals surface area contributed by atoms with E-state index in [-0.39, 0.29) is 5.41 Å². The zero-order chi connectivity index (χ0) is 7.78. The predicted molar refractivity (Wildman–Crippen MR) is 39.5 cm³/mol. The molecule has 2 nitrogen and oxygen atoms in total. The summed E-state index contributed by atoms with van der Waals surface area (Å²) in [5, 5.41) is 9.09.